The average molecular weight is 408 g/mol. The van der Waals surface area contributed by atoms with E-state index >= 15 is 0 Å². The molecule has 2 atom stereocenters. The molecule has 2 aliphatic rings. The van der Waals surface area contributed by atoms with Gasteiger partial charge in [0.25, 0.3) is 0 Å². The topological polar surface area (TPSA) is 50.4 Å². The standard InChI is InChI=1S/C18H24Cl2N2O2.ClH/c1-24-11-18(2-4-21-5-3-18)10-22-17(23)16-9-15(16)12-6-13(19)8-14(20)7-12;/h6-8,15-16,21H,2-5,9-11H2,1H3,(H,22,23);1H. The molecule has 0 radical (unpaired) electrons. The zero-order valence-electron chi connectivity index (χ0n) is 14.3. The summed E-state index contributed by atoms with van der Waals surface area (Å²) in [7, 11) is 1.73. The fourth-order valence-corrected chi connectivity index (χ4v) is 4.23. The highest BCUT2D eigenvalue weighted by Gasteiger charge is 2.44. The van der Waals surface area contributed by atoms with Gasteiger partial charge in [0.05, 0.1) is 6.61 Å². The summed E-state index contributed by atoms with van der Waals surface area (Å²) in [6, 6.07) is 5.53. The maximum absolute atomic E-state index is 12.5. The van der Waals surface area contributed by atoms with Crippen LogP contribution in [0, 0.1) is 11.3 Å². The van der Waals surface area contributed by atoms with E-state index in [9.17, 15) is 4.79 Å². The van der Waals surface area contributed by atoms with Crippen molar-refractivity contribution in [2.75, 3.05) is 33.4 Å². The summed E-state index contributed by atoms with van der Waals surface area (Å²) < 4.78 is 5.40. The second-order valence-corrected chi connectivity index (χ2v) is 7.93. The maximum Gasteiger partial charge on any atom is 0.223 e. The van der Waals surface area contributed by atoms with Crippen molar-refractivity contribution in [1.29, 1.82) is 0 Å². The first-order valence-electron chi connectivity index (χ1n) is 8.46. The molecule has 2 unspecified atom stereocenters. The van der Waals surface area contributed by atoms with Crippen LogP contribution >= 0.6 is 35.6 Å². The molecule has 1 amide bonds. The minimum Gasteiger partial charge on any atom is -0.384 e. The molecule has 7 heteroatoms. The Bertz CT molecular complexity index is 580. The highest BCUT2D eigenvalue weighted by molar-refractivity contribution is 6.34. The lowest BCUT2D eigenvalue weighted by Crippen LogP contribution is -2.47. The van der Waals surface area contributed by atoms with E-state index in [1.165, 1.54) is 0 Å². The van der Waals surface area contributed by atoms with Crippen LogP contribution in [0.5, 0.6) is 0 Å². The van der Waals surface area contributed by atoms with E-state index in [-0.39, 0.29) is 35.6 Å². The molecule has 140 valence electrons. The van der Waals surface area contributed by atoms with E-state index in [1.807, 2.05) is 12.1 Å². The number of benzene rings is 1. The monoisotopic (exact) mass is 406 g/mol. The van der Waals surface area contributed by atoms with Gasteiger partial charge in [-0.15, -0.1) is 12.4 Å². The van der Waals surface area contributed by atoms with Crippen molar-refractivity contribution >= 4 is 41.5 Å². The van der Waals surface area contributed by atoms with Crippen molar-refractivity contribution in [2.24, 2.45) is 11.3 Å². The molecule has 1 aliphatic heterocycles. The van der Waals surface area contributed by atoms with Crippen LogP contribution in [0.2, 0.25) is 10.0 Å². The van der Waals surface area contributed by atoms with Gasteiger partial charge in [0.1, 0.15) is 0 Å². The summed E-state index contributed by atoms with van der Waals surface area (Å²) in [5.74, 6) is 0.388. The number of rotatable bonds is 6. The third-order valence-electron chi connectivity index (χ3n) is 5.19. The van der Waals surface area contributed by atoms with Crippen LogP contribution in [0.1, 0.15) is 30.7 Å². The van der Waals surface area contributed by atoms with Crippen molar-refractivity contribution < 1.29 is 9.53 Å². The predicted molar refractivity (Wildman–Crippen MR) is 104 cm³/mol. The Hall–Kier alpha value is -0.520. The number of amides is 1. The van der Waals surface area contributed by atoms with E-state index in [0.29, 0.717) is 23.2 Å². The van der Waals surface area contributed by atoms with Crippen LogP contribution in [-0.4, -0.2) is 39.3 Å². The van der Waals surface area contributed by atoms with Crippen molar-refractivity contribution in [3.8, 4) is 0 Å². The Morgan fingerprint density at radius 2 is 1.92 bits per heavy atom. The minimum absolute atomic E-state index is 0. The summed E-state index contributed by atoms with van der Waals surface area (Å²) in [5.41, 5.74) is 1.11. The quantitative estimate of drug-likeness (QED) is 0.757. The molecule has 2 N–H and O–H groups in total. The Kier molecular flexibility index (Phi) is 7.41. The zero-order chi connectivity index (χ0) is 17.2. The van der Waals surface area contributed by atoms with E-state index in [1.54, 1.807) is 13.2 Å². The number of hydrogen-bond donors (Lipinski definition) is 2. The van der Waals surface area contributed by atoms with Gasteiger partial charge in [0.2, 0.25) is 5.91 Å². The molecular formula is C18H25Cl3N2O2. The number of carbonyl (C=O) groups is 1. The Morgan fingerprint density at radius 3 is 2.52 bits per heavy atom. The van der Waals surface area contributed by atoms with Crippen molar-refractivity contribution in [3.05, 3.63) is 33.8 Å². The SMILES string of the molecule is COCC1(CNC(=O)C2CC2c2cc(Cl)cc(Cl)c2)CCNCC1.Cl. The van der Waals surface area contributed by atoms with Gasteiger partial charge >= 0.3 is 0 Å². The molecule has 3 rings (SSSR count). The molecule has 1 saturated carbocycles. The van der Waals surface area contributed by atoms with Crippen molar-refractivity contribution in [2.45, 2.75) is 25.2 Å². The second-order valence-electron chi connectivity index (χ2n) is 7.05. The van der Waals surface area contributed by atoms with Gasteiger partial charge < -0.3 is 15.4 Å². The van der Waals surface area contributed by atoms with Crippen LogP contribution in [-0.2, 0) is 9.53 Å². The average Bonchev–Trinajstić information content (AvgIpc) is 3.34. The fraction of sp³-hybridized carbons (Fsp3) is 0.611. The molecule has 4 nitrogen and oxygen atoms in total. The van der Waals surface area contributed by atoms with Crippen LogP contribution < -0.4 is 10.6 Å². The van der Waals surface area contributed by atoms with Gasteiger partial charge in [0.15, 0.2) is 0 Å². The Labute approximate surface area is 165 Å². The lowest BCUT2D eigenvalue weighted by atomic mass is 9.79. The first-order chi connectivity index (χ1) is 11.5. The lowest BCUT2D eigenvalue weighted by molar-refractivity contribution is -0.123. The van der Waals surface area contributed by atoms with Gasteiger partial charge in [-0.2, -0.15) is 0 Å². The first-order valence-corrected chi connectivity index (χ1v) is 9.22. The Balaban J connectivity index is 0.00000225. The van der Waals surface area contributed by atoms with Gasteiger partial charge in [-0.3, -0.25) is 4.79 Å². The molecule has 0 aromatic heterocycles. The molecular weight excluding hydrogens is 383 g/mol. The van der Waals surface area contributed by atoms with Gasteiger partial charge in [-0.1, -0.05) is 23.2 Å². The number of piperidine rings is 1. The highest BCUT2D eigenvalue weighted by atomic mass is 35.5. The normalized spacial score (nSPS) is 24.3. The third-order valence-corrected chi connectivity index (χ3v) is 5.63. The van der Waals surface area contributed by atoms with Gasteiger partial charge in [-0.25, -0.2) is 0 Å². The molecule has 1 aliphatic carbocycles. The zero-order valence-corrected chi connectivity index (χ0v) is 16.6. The summed E-state index contributed by atoms with van der Waals surface area (Å²) in [6.45, 7) is 3.33. The van der Waals surface area contributed by atoms with Crippen molar-refractivity contribution in [3.63, 3.8) is 0 Å². The molecule has 1 aromatic carbocycles. The molecule has 1 aromatic rings. The summed E-state index contributed by atoms with van der Waals surface area (Å²) in [5, 5.41) is 7.77. The summed E-state index contributed by atoms with van der Waals surface area (Å²) in [4.78, 5) is 12.5. The summed E-state index contributed by atoms with van der Waals surface area (Å²) >= 11 is 12.1. The smallest absolute Gasteiger partial charge is 0.223 e. The molecule has 2 fully saturated rings. The molecule has 1 heterocycles. The van der Waals surface area contributed by atoms with Gasteiger partial charge in [0, 0.05) is 35.0 Å². The van der Waals surface area contributed by atoms with E-state index in [4.69, 9.17) is 27.9 Å². The molecule has 0 spiro atoms. The number of carbonyl (C=O) groups excluding carboxylic acids is 1. The largest absolute Gasteiger partial charge is 0.384 e. The number of halogens is 3. The van der Waals surface area contributed by atoms with Crippen LogP contribution in [0.15, 0.2) is 18.2 Å². The maximum atomic E-state index is 12.5. The highest BCUT2D eigenvalue weighted by Crippen LogP contribution is 2.48. The molecule has 0 bridgehead atoms. The third kappa shape index (κ3) is 5.24. The fourth-order valence-electron chi connectivity index (χ4n) is 3.68. The van der Waals surface area contributed by atoms with Crippen LogP contribution in [0.3, 0.4) is 0 Å². The van der Waals surface area contributed by atoms with E-state index in [2.05, 4.69) is 10.6 Å². The predicted octanol–water partition coefficient (Wildman–Crippen LogP) is 3.65. The molecule has 25 heavy (non-hydrogen) atoms. The van der Waals surface area contributed by atoms with Crippen LogP contribution in [0.4, 0.5) is 0 Å². The summed E-state index contributed by atoms with van der Waals surface area (Å²) in [6.07, 6.45) is 2.92. The number of ether oxygens (including phenoxy) is 1. The molecule has 1 saturated heterocycles. The second kappa shape index (κ2) is 8.92. The number of nitrogens with one attached hydrogen (secondary N) is 2. The lowest BCUT2D eigenvalue weighted by Gasteiger charge is -2.37. The van der Waals surface area contributed by atoms with Gasteiger partial charge in [-0.05, 0) is 62.0 Å². The van der Waals surface area contributed by atoms with Crippen LogP contribution in [0.25, 0.3) is 0 Å². The Morgan fingerprint density at radius 1 is 1.28 bits per heavy atom. The minimum atomic E-state index is 0. The van der Waals surface area contributed by atoms with E-state index < -0.39 is 0 Å². The van der Waals surface area contributed by atoms with Crippen molar-refractivity contribution in [1.82, 2.24) is 10.6 Å². The number of hydrogen-bond acceptors (Lipinski definition) is 3. The van der Waals surface area contributed by atoms with E-state index in [0.717, 1.165) is 37.9 Å². The first kappa shape index (κ1) is 20.8. The number of methoxy groups -OCH3 is 1.